The molecule has 0 unspecified atom stereocenters. The first-order chi connectivity index (χ1) is 12.6. The Morgan fingerprint density at radius 3 is 2.27 bits per heavy atom. The monoisotopic (exact) mass is 366 g/mol. The number of benzene rings is 2. The number of amides is 1. The molecular formula is C20H19ClN4O. The second-order valence-corrected chi connectivity index (χ2v) is 6.21. The molecule has 2 aromatic carbocycles. The first-order valence-corrected chi connectivity index (χ1v) is 8.72. The fourth-order valence-corrected chi connectivity index (χ4v) is 2.48. The van der Waals surface area contributed by atoms with E-state index in [0.29, 0.717) is 17.4 Å². The largest absolute Gasteiger partial charge is 0.365 e. The van der Waals surface area contributed by atoms with Crippen molar-refractivity contribution < 1.29 is 4.79 Å². The number of aryl methyl sites for hydroxylation is 1. The predicted octanol–water partition coefficient (Wildman–Crippen LogP) is 4.56. The molecule has 3 aromatic rings. The number of halogens is 1. The van der Waals surface area contributed by atoms with Crippen LogP contribution in [0.2, 0.25) is 5.02 Å². The van der Waals surface area contributed by atoms with Crippen LogP contribution >= 0.6 is 11.6 Å². The van der Waals surface area contributed by atoms with E-state index in [2.05, 4.69) is 27.5 Å². The fourth-order valence-electron chi connectivity index (χ4n) is 2.35. The van der Waals surface area contributed by atoms with Crippen LogP contribution in [0, 0.1) is 0 Å². The average Bonchev–Trinajstić information content (AvgIpc) is 2.68. The summed E-state index contributed by atoms with van der Waals surface area (Å²) < 4.78 is 0. The van der Waals surface area contributed by atoms with Crippen LogP contribution in [0.3, 0.4) is 0 Å². The van der Waals surface area contributed by atoms with Gasteiger partial charge in [-0.05, 0) is 41.8 Å². The number of carbonyl (C=O) groups excluding carboxylic acids is 1. The van der Waals surface area contributed by atoms with Crippen molar-refractivity contribution in [3.63, 3.8) is 0 Å². The van der Waals surface area contributed by atoms with Gasteiger partial charge in [-0.3, -0.25) is 4.79 Å². The smallest absolute Gasteiger partial charge is 0.275 e. The van der Waals surface area contributed by atoms with Gasteiger partial charge in [0.1, 0.15) is 11.5 Å². The molecule has 0 saturated carbocycles. The minimum absolute atomic E-state index is 0.265. The van der Waals surface area contributed by atoms with Crippen molar-refractivity contribution in [2.45, 2.75) is 19.9 Å². The van der Waals surface area contributed by atoms with Gasteiger partial charge in [0.15, 0.2) is 0 Å². The zero-order valence-electron chi connectivity index (χ0n) is 14.4. The maximum atomic E-state index is 12.2. The Labute approximate surface area is 157 Å². The number of aromatic nitrogens is 2. The van der Waals surface area contributed by atoms with E-state index < -0.39 is 0 Å². The third kappa shape index (κ3) is 4.80. The summed E-state index contributed by atoms with van der Waals surface area (Å²) in [6.07, 6.45) is 3.97. The van der Waals surface area contributed by atoms with Crippen LogP contribution in [-0.2, 0) is 13.0 Å². The van der Waals surface area contributed by atoms with Crippen LogP contribution in [0.4, 0.5) is 11.5 Å². The van der Waals surface area contributed by atoms with Crippen LogP contribution in [0.5, 0.6) is 0 Å². The minimum atomic E-state index is -0.286. The lowest BCUT2D eigenvalue weighted by atomic mass is 10.1. The molecule has 5 nitrogen and oxygen atoms in total. The maximum absolute atomic E-state index is 12.2. The molecule has 1 heterocycles. The maximum Gasteiger partial charge on any atom is 0.275 e. The first-order valence-electron chi connectivity index (χ1n) is 8.34. The van der Waals surface area contributed by atoms with Crippen LogP contribution in [-0.4, -0.2) is 15.9 Å². The molecule has 0 atom stereocenters. The molecule has 26 heavy (non-hydrogen) atoms. The molecule has 0 saturated heterocycles. The molecule has 1 aromatic heterocycles. The summed E-state index contributed by atoms with van der Waals surface area (Å²) in [7, 11) is 0. The third-order valence-electron chi connectivity index (χ3n) is 3.89. The highest BCUT2D eigenvalue weighted by Gasteiger charge is 2.08. The van der Waals surface area contributed by atoms with Crippen LogP contribution in [0.25, 0.3) is 0 Å². The van der Waals surface area contributed by atoms with Crippen molar-refractivity contribution in [2.75, 3.05) is 10.6 Å². The normalized spacial score (nSPS) is 10.4. The molecule has 0 aliphatic rings. The van der Waals surface area contributed by atoms with Crippen molar-refractivity contribution in [3.05, 3.63) is 82.8 Å². The van der Waals surface area contributed by atoms with E-state index in [4.69, 9.17) is 11.6 Å². The van der Waals surface area contributed by atoms with Crippen molar-refractivity contribution in [1.29, 1.82) is 0 Å². The Hall–Kier alpha value is -2.92. The number of hydrogen-bond acceptors (Lipinski definition) is 4. The molecule has 3 rings (SSSR count). The van der Waals surface area contributed by atoms with E-state index in [1.54, 1.807) is 6.20 Å². The SMILES string of the molecule is CCc1ccc(NC(=O)c2cnc(NCc3ccc(Cl)cc3)cn2)cc1. The predicted molar refractivity (Wildman–Crippen MR) is 105 cm³/mol. The lowest BCUT2D eigenvalue weighted by Crippen LogP contribution is -2.14. The topological polar surface area (TPSA) is 66.9 Å². The molecule has 132 valence electrons. The molecule has 0 aliphatic carbocycles. The number of nitrogens with one attached hydrogen (secondary N) is 2. The highest BCUT2D eigenvalue weighted by Crippen LogP contribution is 2.13. The van der Waals surface area contributed by atoms with Crippen LogP contribution in [0.15, 0.2) is 60.9 Å². The summed E-state index contributed by atoms with van der Waals surface area (Å²) >= 11 is 5.87. The molecule has 1 amide bonds. The average molecular weight is 367 g/mol. The minimum Gasteiger partial charge on any atom is -0.365 e. The number of carbonyl (C=O) groups is 1. The van der Waals surface area contributed by atoms with Gasteiger partial charge in [0.05, 0.1) is 12.4 Å². The summed E-state index contributed by atoms with van der Waals surface area (Å²) in [6.45, 7) is 2.69. The second-order valence-electron chi connectivity index (χ2n) is 5.77. The Kier molecular flexibility index (Phi) is 5.81. The molecule has 6 heteroatoms. The zero-order chi connectivity index (χ0) is 18.4. The van der Waals surface area contributed by atoms with E-state index in [9.17, 15) is 4.79 Å². The van der Waals surface area contributed by atoms with Crippen LogP contribution in [0.1, 0.15) is 28.5 Å². The Morgan fingerprint density at radius 2 is 1.65 bits per heavy atom. The van der Waals surface area contributed by atoms with Crippen molar-refractivity contribution in [1.82, 2.24) is 9.97 Å². The Morgan fingerprint density at radius 1 is 0.962 bits per heavy atom. The van der Waals surface area contributed by atoms with E-state index in [0.717, 1.165) is 17.7 Å². The highest BCUT2D eigenvalue weighted by molar-refractivity contribution is 6.30. The molecule has 0 spiro atoms. The first kappa shape index (κ1) is 17.9. The van der Waals surface area contributed by atoms with E-state index in [-0.39, 0.29) is 11.6 Å². The molecule has 0 aliphatic heterocycles. The van der Waals surface area contributed by atoms with Gasteiger partial charge in [-0.2, -0.15) is 0 Å². The summed E-state index contributed by atoms with van der Waals surface area (Å²) in [5.41, 5.74) is 3.30. The molecule has 0 fully saturated rings. The van der Waals surface area contributed by atoms with Gasteiger partial charge in [0.25, 0.3) is 5.91 Å². The van der Waals surface area contributed by atoms with Crippen molar-refractivity contribution in [2.24, 2.45) is 0 Å². The summed E-state index contributed by atoms with van der Waals surface area (Å²) in [5.74, 6) is 0.315. The van der Waals surface area contributed by atoms with Gasteiger partial charge in [-0.15, -0.1) is 0 Å². The van der Waals surface area contributed by atoms with Crippen LogP contribution < -0.4 is 10.6 Å². The van der Waals surface area contributed by atoms with Gasteiger partial charge in [0, 0.05) is 17.3 Å². The molecule has 0 bridgehead atoms. The Bertz CT molecular complexity index is 862. The number of hydrogen-bond donors (Lipinski definition) is 2. The van der Waals surface area contributed by atoms with Gasteiger partial charge in [-0.1, -0.05) is 42.8 Å². The number of anilines is 2. The molecule has 0 radical (unpaired) electrons. The Balaban J connectivity index is 1.57. The lowest BCUT2D eigenvalue weighted by Gasteiger charge is -2.07. The van der Waals surface area contributed by atoms with E-state index >= 15 is 0 Å². The van der Waals surface area contributed by atoms with E-state index in [1.807, 2.05) is 48.5 Å². The number of rotatable bonds is 6. The quantitative estimate of drug-likeness (QED) is 0.671. The molecule has 2 N–H and O–H groups in total. The van der Waals surface area contributed by atoms with Gasteiger partial charge in [-0.25, -0.2) is 9.97 Å². The lowest BCUT2D eigenvalue weighted by molar-refractivity contribution is 0.102. The third-order valence-corrected chi connectivity index (χ3v) is 4.14. The van der Waals surface area contributed by atoms with Crippen molar-refractivity contribution in [3.8, 4) is 0 Å². The summed E-state index contributed by atoms with van der Waals surface area (Å²) in [6, 6.07) is 15.3. The van der Waals surface area contributed by atoms with Gasteiger partial charge in [0.2, 0.25) is 0 Å². The standard InChI is InChI=1S/C20H19ClN4O/c1-2-14-5-9-17(10-6-14)25-20(26)18-12-24-19(13-22-18)23-11-15-3-7-16(21)8-4-15/h3-10,12-13H,2,11H2,1H3,(H,23,24)(H,25,26). The molecular weight excluding hydrogens is 348 g/mol. The fraction of sp³-hybridized carbons (Fsp3) is 0.150. The summed E-state index contributed by atoms with van der Waals surface area (Å²) in [4.78, 5) is 20.7. The van der Waals surface area contributed by atoms with E-state index in [1.165, 1.54) is 11.8 Å². The highest BCUT2D eigenvalue weighted by atomic mass is 35.5. The summed E-state index contributed by atoms with van der Waals surface area (Å²) in [5, 5.41) is 6.68. The van der Waals surface area contributed by atoms with Crippen molar-refractivity contribution >= 4 is 29.0 Å². The second kappa shape index (κ2) is 8.45. The number of nitrogens with zero attached hydrogens (tertiary/aromatic N) is 2. The van der Waals surface area contributed by atoms with Gasteiger partial charge < -0.3 is 10.6 Å². The zero-order valence-corrected chi connectivity index (χ0v) is 15.1. The van der Waals surface area contributed by atoms with Gasteiger partial charge >= 0.3 is 0 Å².